The van der Waals surface area contributed by atoms with Crippen molar-refractivity contribution in [2.45, 2.75) is 0 Å². The standard InChI is InChI=1S/C16H12N2OS/c1-2-9-19-13-8-4-6-11-15(13)18-14-10(16(11)20)5-3-7-12(14)17/h1,3-8H,9,17H2,(H,18,20). The highest BCUT2D eigenvalue weighted by Crippen LogP contribution is 2.30. The summed E-state index contributed by atoms with van der Waals surface area (Å²) in [4.78, 5) is 3.31. The van der Waals surface area contributed by atoms with E-state index < -0.39 is 0 Å². The molecular weight excluding hydrogens is 268 g/mol. The van der Waals surface area contributed by atoms with Gasteiger partial charge in [-0.25, -0.2) is 0 Å². The molecule has 4 heteroatoms. The Morgan fingerprint density at radius 3 is 2.60 bits per heavy atom. The van der Waals surface area contributed by atoms with Crippen molar-refractivity contribution in [1.29, 1.82) is 0 Å². The van der Waals surface area contributed by atoms with Crippen LogP contribution >= 0.6 is 12.2 Å². The van der Waals surface area contributed by atoms with E-state index in [0.717, 1.165) is 26.3 Å². The topological polar surface area (TPSA) is 51.0 Å². The van der Waals surface area contributed by atoms with Gasteiger partial charge in [0.05, 0.1) is 21.2 Å². The number of hydrogen-bond donors (Lipinski definition) is 2. The monoisotopic (exact) mass is 280 g/mol. The third kappa shape index (κ3) is 1.89. The molecule has 0 saturated heterocycles. The van der Waals surface area contributed by atoms with Gasteiger partial charge in [0.1, 0.15) is 12.4 Å². The van der Waals surface area contributed by atoms with Crippen molar-refractivity contribution in [3.05, 3.63) is 40.9 Å². The lowest BCUT2D eigenvalue weighted by Gasteiger charge is -2.10. The molecule has 3 aromatic rings. The Morgan fingerprint density at radius 2 is 1.85 bits per heavy atom. The molecule has 20 heavy (non-hydrogen) atoms. The molecule has 0 aliphatic rings. The highest BCUT2D eigenvalue weighted by atomic mass is 32.1. The zero-order valence-corrected chi connectivity index (χ0v) is 11.5. The number of ether oxygens (including phenoxy) is 1. The first-order valence-corrected chi connectivity index (χ1v) is 6.52. The van der Waals surface area contributed by atoms with E-state index in [1.165, 1.54) is 0 Å². The van der Waals surface area contributed by atoms with E-state index >= 15 is 0 Å². The number of hydrogen-bond acceptors (Lipinski definition) is 3. The van der Waals surface area contributed by atoms with Crippen molar-refractivity contribution in [2.75, 3.05) is 12.3 Å². The van der Waals surface area contributed by atoms with Gasteiger partial charge in [0.15, 0.2) is 0 Å². The number of nitrogen functional groups attached to an aromatic ring is 1. The van der Waals surface area contributed by atoms with Gasteiger partial charge in [-0.05, 0) is 12.1 Å². The summed E-state index contributed by atoms with van der Waals surface area (Å²) in [6.45, 7) is 0.210. The number of terminal acetylenes is 1. The third-order valence-corrected chi connectivity index (χ3v) is 3.61. The minimum absolute atomic E-state index is 0.210. The van der Waals surface area contributed by atoms with Crippen LogP contribution in [0.2, 0.25) is 0 Å². The number of rotatable bonds is 2. The van der Waals surface area contributed by atoms with E-state index in [1.54, 1.807) is 0 Å². The van der Waals surface area contributed by atoms with Crippen LogP contribution < -0.4 is 10.5 Å². The van der Waals surface area contributed by atoms with Crippen LogP contribution in [0.25, 0.3) is 21.8 Å². The van der Waals surface area contributed by atoms with Crippen LogP contribution in [-0.2, 0) is 0 Å². The average molecular weight is 280 g/mol. The lowest BCUT2D eigenvalue weighted by molar-refractivity contribution is 0.374. The minimum Gasteiger partial charge on any atom is -0.479 e. The first kappa shape index (κ1) is 12.5. The smallest absolute Gasteiger partial charge is 0.148 e. The quantitative estimate of drug-likeness (QED) is 0.326. The number of nitrogens with one attached hydrogen (secondary N) is 1. The Balaban J connectivity index is 2.42. The Morgan fingerprint density at radius 1 is 1.15 bits per heavy atom. The molecule has 2 aromatic carbocycles. The summed E-state index contributed by atoms with van der Waals surface area (Å²) in [5, 5.41) is 1.86. The van der Waals surface area contributed by atoms with Gasteiger partial charge in [-0.3, -0.25) is 0 Å². The van der Waals surface area contributed by atoms with E-state index in [-0.39, 0.29) is 6.61 Å². The van der Waals surface area contributed by atoms with Gasteiger partial charge < -0.3 is 15.5 Å². The van der Waals surface area contributed by atoms with Crippen LogP contribution in [0.15, 0.2) is 36.4 Å². The van der Waals surface area contributed by atoms with Crippen LogP contribution in [0.1, 0.15) is 0 Å². The molecule has 98 valence electrons. The van der Waals surface area contributed by atoms with Crippen molar-refractivity contribution < 1.29 is 4.74 Å². The predicted molar refractivity (Wildman–Crippen MR) is 85.4 cm³/mol. The maximum atomic E-state index is 6.02. The molecule has 0 unspecified atom stereocenters. The fourth-order valence-electron chi connectivity index (χ4n) is 2.26. The molecule has 3 rings (SSSR count). The minimum atomic E-state index is 0.210. The molecule has 0 aliphatic carbocycles. The summed E-state index contributed by atoms with van der Waals surface area (Å²) in [6.07, 6.45) is 5.24. The maximum Gasteiger partial charge on any atom is 0.148 e. The van der Waals surface area contributed by atoms with Gasteiger partial charge >= 0.3 is 0 Å². The summed E-state index contributed by atoms with van der Waals surface area (Å²) in [5.74, 6) is 3.13. The van der Waals surface area contributed by atoms with Gasteiger partial charge in [-0.2, -0.15) is 0 Å². The summed E-state index contributed by atoms with van der Waals surface area (Å²) < 4.78 is 6.31. The predicted octanol–water partition coefficient (Wildman–Crippen LogP) is 3.64. The van der Waals surface area contributed by atoms with E-state index in [0.29, 0.717) is 11.4 Å². The Labute approximate surface area is 121 Å². The second-order valence-electron chi connectivity index (χ2n) is 4.40. The lowest BCUT2D eigenvalue weighted by atomic mass is 10.1. The first-order chi connectivity index (χ1) is 9.72. The van der Waals surface area contributed by atoms with Gasteiger partial charge in [0.25, 0.3) is 0 Å². The fourth-order valence-corrected chi connectivity index (χ4v) is 2.60. The molecule has 0 fully saturated rings. The first-order valence-electron chi connectivity index (χ1n) is 6.12. The molecule has 1 heterocycles. The molecule has 1 aromatic heterocycles. The lowest BCUT2D eigenvalue weighted by Crippen LogP contribution is -1.97. The number of pyridine rings is 1. The molecular formula is C16H12N2OS. The average Bonchev–Trinajstić information content (AvgIpc) is 2.47. The summed E-state index contributed by atoms with van der Waals surface area (Å²) in [7, 11) is 0. The van der Waals surface area contributed by atoms with E-state index in [1.807, 2.05) is 36.4 Å². The molecule has 0 atom stereocenters. The Hall–Kier alpha value is -2.51. The summed E-state index contributed by atoms with van der Waals surface area (Å²) in [6, 6.07) is 11.4. The zero-order valence-electron chi connectivity index (χ0n) is 10.6. The van der Waals surface area contributed by atoms with Crippen molar-refractivity contribution in [3.63, 3.8) is 0 Å². The van der Waals surface area contributed by atoms with Crippen LogP contribution in [-0.4, -0.2) is 11.6 Å². The maximum absolute atomic E-state index is 6.02. The number of para-hydroxylation sites is 2. The van der Waals surface area contributed by atoms with Crippen molar-refractivity contribution in [2.24, 2.45) is 0 Å². The number of fused-ring (bicyclic) bond motifs is 2. The highest BCUT2D eigenvalue weighted by Gasteiger charge is 2.08. The number of nitrogens with two attached hydrogens (primary N) is 1. The summed E-state index contributed by atoms with van der Waals surface area (Å²) in [5.41, 5.74) is 8.31. The van der Waals surface area contributed by atoms with Gasteiger partial charge in [-0.15, -0.1) is 6.42 Å². The van der Waals surface area contributed by atoms with E-state index in [2.05, 4.69) is 10.9 Å². The molecule has 3 nitrogen and oxygen atoms in total. The van der Waals surface area contributed by atoms with Gasteiger partial charge in [0, 0.05) is 10.8 Å². The van der Waals surface area contributed by atoms with Crippen LogP contribution in [0.5, 0.6) is 5.75 Å². The highest BCUT2D eigenvalue weighted by molar-refractivity contribution is 7.72. The van der Waals surface area contributed by atoms with E-state index in [9.17, 15) is 0 Å². The molecule has 3 N–H and O–H groups in total. The van der Waals surface area contributed by atoms with E-state index in [4.69, 9.17) is 29.1 Å². The van der Waals surface area contributed by atoms with Crippen LogP contribution in [0.3, 0.4) is 0 Å². The second kappa shape index (κ2) is 4.87. The van der Waals surface area contributed by atoms with Crippen LogP contribution in [0.4, 0.5) is 5.69 Å². The van der Waals surface area contributed by atoms with Gasteiger partial charge in [-0.1, -0.05) is 42.4 Å². The normalized spacial score (nSPS) is 10.6. The van der Waals surface area contributed by atoms with Crippen LogP contribution in [0, 0.1) is 16.9 Å². The SMILES string of the molecule is C#CCOc1cccc2c(=S)c3cccc(N)c3[nH]c12. The second-order valence-corrected chi connectivity index (χ2v) is 4.80. The molecule has 0 aliphatic heterocycles. The third-order valence-electron chi connectivity index (χ3n) is 3.17. The van der Waals surface area contributed by atoms with Crippen molar-refractivity contribution >= 4 is 39.7 Å². The van der Waals surface area contributed by atoms with Gasteiger partial charge in [0.2, 0.25) is 0 Å². The Kier molecular flexibility index (Phi) is 3.05. The molecule has 0 bridgehead atoms. The Bertz CT molecular complexity index is 906. The van der Waals surface area contributed by atoms with Crippen molar-refractivity contribution in [3.8, 4) is 18.1 Å². The largest absolute Gasteiger partial charge is 0.479 e. The fraction of sp³-hybridized carbons (Fsp3) is 0.0625. The number of H-pyrrole nitrogens is 1. The summed E-state index contributed by atoms with van der Waals surface area (Å²) >= 11 is 5.56. The number of anilines is 1. The molecule has 0 spiro atoms. The molecule has 0 radical (unpaired) electrons. The zero-order chi connectivity index (χ0) is 14.1. The van der Waals surface area contributed by atoms with Crippen molar-refractivity contribution in [1.82, 2.24) is 4.98 Å². The number of aromatic amines is 1. The molecule has 0 amide bonds. The number of benzene rings is 2. The molecule has 0 saturated carbocycles. The number of aromatic nitrogens is 1.